The van der Waals surface area contributed by atoms with Gasteiger partial charge in [-0.2, -0.15) is 11.8 Å². The number of benzene rings is 1. The van der Waals surface area contributed by atoms with Gasteiger partial charge in [-0.25, -0.2) is 0 Å². The molecule has 0 bridgehead atoms. The number of hydrogen-bond acceptors (Lipinski definition) is 4. The minimum absolute atomic E-state index is 0.182. The highest BCUT2D eigenvalue weighted by atomic mass is 32.2. The summed E-state index contributed by atoms with van der Waals surface area (Å²) in [6.07, 6.45) is -0.631. The van der Waals surface area contributed by atoms with E-state index in [2.05, 4.69) is 18.7 Å². The van der Waals surface area contributed by atoms with Crippen LogP contribution in [0.3, 0.4) is 0 Å². The zero-order valence-corrected chi connectivity index (χ0v) is 11.9. The average molecular weight is 267 g/mol. The Bertz CT molecular complexity index is 412. The third-order valence-electron chi connectivity index (χ3n) is 3.25. The quantitative estimate of drug-likeness (QED) is 0.865. The summed E-state index contributed by atoms with van der Waals surface area (Å²) in [6.45, 7) is 8.13. The Kier molecular flexibility index (Phi) is 4.07. The second kappa shape index (κ2) is 5.41. The maximum Gasteiger partial charge on any atom is 0.123 e. The highest BCUT2D eigenvalue weighted by Crippen LogP contribution is 2.33. The van der Waals surface area contributed by atoms with Crippen LogP contribution in [0.25, 0.3) is 0 Å². The lowest BCUT2D eigenvalue weighted by molar-refractivity contribution is 0.195. The van der Waals surface area contributed by atoms with Crippen molar-refractivity contribution in [2.75, 3.05) is 18.0 Å². The number of aromatic hydroxyl groups is 1. The van der Waals surface area contributed by atoms with Crippen molar-refractivity contribution in [3.8, 4) is 5.75 Å². The molecule has 0 amide bonds. The van der Waals surface area contributed by atoms with Crippen LogP contribution in [0, 0.1) is 0 Å². The van der Waals surface area contributed by atoms with Gasteiger partial charge in [0.05, 0.1) is 6.10 Å². The zero-order chi connectivity index (χ0) is 13.3. The first-order valence-electron chi connectivity index (χ1n) is 6.38. The molecular weight excluding hydrogens is 246 g/mol. The van der Waals surface area contributed by atoms with Gasteiger partial charge >= 0.3 is 0 Å². The molecule has 1 aliphatic heterocycles. The third-order valence-corrected chi connectivity index (χ3v) is 4.48. The van der Waals surface area contributed by atoms with Gasteiger partial charge in [0, 0.05) is 40.9 Å². The normalized spacial score (nSPS) is 26.1. The Labute approximate surface area is 113 Å². The van der Waals surface area contributed by atoms with E-state index in [0.717, 1.165) is 18.8 Å². The second-order valence-corrected chi connectivity index (χ2v) is 6.96. The Morgan fingerprint density at radius 1 is 1.28 bits per heavy atom. The molecule has 1 fully saturated rings. The number of aliphatic hydroxyl groups excluding tert-OH is 1. The molecule has 0 aromatic heterocycles. The van der Waals surface area contributed by atoms with E-state index >= 15 is 0 Å². The van der Waals surface area contributed by atoms with Gasteiger partial charge < -0.3 is 15.1 Å². The summed E-state index contributed by atoms with van der Waals surface area (Å²) in [5, 5.41) is 20.7. The van der Waals surface area contributed by atoms with Gasteiger partial charge in [-0.1, -0.05) is 19.9 Å². The molecule has 1 aromatic rings. The molecule has 1 saturated heterocycles. The minimum Gasteiger partial charge on any atom is -0.507 e. The van der Waals surface area contributed by atoms with E-state index in [9.17, 15) is 10.2 Å². The lowest BCUT2D eigenvalue weighted by Gasteiger charge is -2.36. The van der Waals surface area contributed by atoms with Crippen LogP contribution in [0.1, 0.15) is 32.4 Å². The average Bonchev–Trinajstić information content (AvgIpc) is 2.26. The van der Waals surface area contributed by atoms with E-state index in [1.807, 2.05) is 23.9 Å². The molecule has 0 radical (unpaired) electrons. The molecule has 1 aromatic carbocycles. The van der Waals surface area contributed by atoms with E-state index in [-0.39, 0.29) is 5.75 Å². The molecule has 1 aliphatic rings. The lowest BCUT2D eigenvalue weighted by atomic mass is 10.1. The van der Waals surface area contributed by atoms with Gasteiger partial charge in [0.25, 0.3) is 0 Å². The van der Waals surface area contributed by atoms with Gasteiger partial charge in [0.2, 0.25) is 0 Å². The van der Waals surface area contributed by atoms with Crippen LogP contribution in [-0.4, -0.2) is 33.8 Å². The first kappa shape index (κ1) is 13.6. The van der Waals surface area contributed by atoms with E-state index in [1.165, 1.54) is 0 Å². The summed E-state index contributed by atoms with van der Waals surface area (Å²) >= 11 is 2.01. The first-order valence-corrected chi connectivity index (χ1v) is 7.33. The van der Waals surface area contributed by atoms with Crippen molar-refractivity contribution in [2.24, 2.45) is 0 Å². The molecule has 18 heavy (non-hydrogen) atoms. The number of phenols is 1. The number of phenolic OH excluding ortho intramolecular Hbond substituents is 1. The molecule has 3 unspecified atom stereocenters. The van der Waals surface area contributed by atoms with Crippen LogP contribution in [0.5, 0.6) is 5.75 Å². The number of aliphatic hydroxyl groups is 1. The summed E-state index contributed by atoms with van der Waals surface area (Å²) in [4.78, 5) is 2.30. The number of hydrogen-bond donors (Lipinski definition) is 2. The molecule has 0 spiro atoms. The summed E-state index contributed by atoms with van der Waals surface area (Å²) in [5.74, 6) is 0.182. The van der Waals surface area contributed by atoms with Crippen LogP contribution < -0.4 is 4.90 Å². The van der Waals surface area contributed by atoms with E-state index in [1.54, 1.807) is 13.0 Å². The van der Waals surface area contributed by atoms with Crippen molar-refractivity contribution in [1.29, 1.82) is 0 Å². The Balaban J connectivity index is 2.21. The predicted octanol–water partition coefficient (Wildman–Crippen LogP) is 2.78. The van der Waals surface area contributed by atoms with Crippen molar-refractivity contribution < 1.29 is 10.2 Å². The van der Waals surface area contributed by atoms with Crippen LogP contribution in [0.4, 0.5) is 5.69 Å². The second-order valence-electron chi connectivity index (χ2n) is 5.08. The zero-order valence-electron chi connectivity index (χ0n) is 11.1. The van der Waals surface area contributed by atoms with Crippen molar-refractivity contribution in [1.82, 2.24) is 0 Å². The summed E-state index contributed by atoms with van der Waals surface area (Å²) in [6, 6.07) is 5.56. The van der Waals surface area contributed by atoms with Crippen molar-refractivity contribution in [2.45, 2.75) is 37.4 Å². The molecule has 4 heteroatoms. The predicted molar refractivity (Wildman–Crippen MR) is 77.5 cm³/mol. The van der Waals surface area contributed by atoms with E-state index < -0.39 is 6.10 Å². The highest BCUT2D eigenvalue weighted by molar-refractivity contribution is 8.00. The SMILES string of the molecule is CC1CN(c2ccc(C(C)O)c(O)c2)CC(C)S1. The van der Waals surface area contributed by atoms with E-state index in [4.69, 9.17) is 0 Å². The fourth-order valence-electron chi connectivity index (χ4n) is 2.47. The highest BCUT2D eigenvalue weighted by Gasteiger charge is 2.23. The fourth-order valence-corrected chi connectivity index (χ4v) is 3.80. The lowest BCUT2D eigenvalue weighted by Crippen LogP contribution is -2.40. The van der Waals surface area contributed by atoms with Crippen LogP contribution in [0.2, 0.25) is 0 Å². The molecule has 3 nitrogen and oxygen atoms in total. The van der Waals surface area contributed by atoms with Gasteiger partial charge in [0.15, 0.2) is 0 Å². The van der Waals surface area contributed by atoms with Crippen molar-refractivity contribution >= 4 is 17.4 Å². The molecular formula is C14H21NO2S. The summed E-state index contributed by atoms with van der Waals surface area (Å²) in [5.41, 5.74) is 1.63. The van der Waals surface area contributed by atoms with Crippen LogP contribution in [0.15, 0.2) is 18.2 Å². The molecule has 100 valence electrons. The fraction of sp³-hybridized carbons (Fsp3) is 0.571. The summed E-state index contributed by atoms with van der Waals surface area (Å²) in [7, 11) is 0. The molecule has 0 saturated carbocycles. The van der Waals surface area contributed by atoms with Crippen LogP contribution in [-0.2, 0) is 0 Å². The number of nitrogens with zero attached hydrogens (tertiary/aromatic N) is 1. The topological polar surface area (TPSA) is 43.7 Å². The van der Waals surface area contributed by atoms with Crippen molar-refractivity contribution in [3.05, 3.63) is 23.8 Å². The minimum atomic E-state index is -0.631. The van der Waals surface area contributed by atoms with E-state index in [0.29, 0.717) is 16.1 Å². The largest absolute Gasteiger partial charge is 0.507 e. The third kappa shape index (κ3) is 2.93. The monoisotopic (exact) mass is 267 g/mol. The number of thioether (sulfide) groups is 1. The molecule has 3 atom stereocenters. The maximum atomic E-state index is 9.93. The Morgan fingerprint density at radius 2 is 1.89 bits per heavy atom. The van der Waals surface area contributed by atoms with Crippen molar-refractivity contribution in [3.63, 3.8) is 0 Å². The number of anilines is 1. The van der Waals surface area contributed by atoms with Gasteiger partial charge in [-0.15, -0.1) is 0 Å². The molecule has 0 aliphatic carbocycles. The first-order chi connectivity index (χ1) is 8.47. The summed E-state index contributed by atoms with van der Waals surface area (Å²) < 4.78 is 0. The number of rotatable bonds is 2. The maximum absolute atomic E-state index is 9.93. The van der Waals surface area contributed by atoms with Crippen LogP contribution >= 0.6 is 11.8 Å². The molecule has 2 N–H and O–H groups in total. The standard InChI is InChI=1S/C14H21NO2S/c1-9-7-15(8-10(2)18-9)12-4-5-13(11(3)16)14(17)6-12/h4-6,9-11,16-17H,7-8H2,1-3H3. The van der Waals surface area contributed by atoms with Gasteiger partial charge in [-0.05, 0) is 13.0 Å². The Hall–Kier alpha value is -0.870. The Morgan fingerprint density at radius 3 is 2.39 bits per heavy atom. The molecule has 1 heterocycles. The van der Waals surface area contributed by atoms with Gasteiger partial charge in [0.1, 0.15) is 5.75 Å². The van der Waals surface area contributed by atoms with Gasteiger partial charge in [-0.3, -0.25) is 0 Å². The smallest absolute Gasteiger partial charge is 0.123 e. The molecule has 2 rings (SSSR count).